The highest BCUT2D eigenvalue weighted by atomic mass is 127. The highest BCUT2D eigenvalue weighted by Gasteiger charge is 2.26. The number of benzene rings is 3. The Kier molecular flexibility index (Phi) is 6.87. The zero-order valence-electron chi connectivity index (χ0n) is 17.7. The van der Waals surface area contributed by atoms with Crippen molar-refractivity contribution in [3.63, 3.8) is 0 Å². The largest absolute Gasteiger partial charge is 0.493 e. The van der Waals surface area contributed by atoms with E-state index in [1.54, 1.807) is 30.3 Å². The van der Waals surface area contributed by atoms with Crippen molar-refractivity contribution in [3.05, 3.63) is 103 Å². The molecule has 0 N–H and O–H groups in total. The van der Waals surface area contributed by atoms with Crippen molar-refractivity contribution >= 4 is 46.2 Å². The summed E-state index contributed by atoms with van der Waals surface area (Å²) in [5.74, 6) is -0.502. The van der Waals surface area contributed by atoms with Crippen LogP contribution in [0.4, 0.5) is 10.1 Å². The van der Waals surface area contributed by atoms with Crippen LogP contribution in [-0.2, 0) is 16.1 Å². The molecule has 0 bridgehead atoms. The number of nitro groups is 1. The normalized spacial score (nSPS) is 14.0. The van der Waals surface area contributed by atoms with Gasteiger partial charge in [0, 0.05) is 12.1 Å². The van der Waals surface area contributed by atoms with Crippen LogP contribution in [-0.4, -0.2) is 23.9 Å². The van der Waals surface area contributed by atoms with Crippen LogP contribution in [0.2, 0.25) is 0 Å². The lowest BCUT2D eigenvalue weighted by atomic mass is 10.1. The van der Waals surface area contributed by atoms with Crippen molar-refractivity contribution in [2.45, 2.75) is 6.61 Å². The first-order chi connectivity index (χ1) is 16.4. The van der Waals surface area contributed by atoms with Gasteiger partial charge in [-0.25, -0.2) is 14.2 Å². The lowest BCUT2D eigenvalue weighted by molar-refractivity contribution is -0.384. The number of halogens is 2. The van der Waals surface area contributed by atoms with Crippen LogP contribution < -0.4 is 9.47 Å². The van der Waals surface area contributed by atoms with Gasteiger partial charge in [-0.3, -0.25) is 10.1 Å². The summed E-state index contributed by atoms with van der Waals surface area (Å²) in [6.07, 6.45) is 1.51. The summed E-state index contributed by atoms with van der Waals surface area (Å²) in [5.41, 5.74) is 1.30. The molecule has 3 aromatic rings. The van der Waals surface area contributed by atoms with Gasteiger partial charge in [0.2, 0.25) is 5.90 Å². The van der Waals surface area contributed by atoms with E-state index >= 15 is 0 Å². The van der Waals surface area contributed by atoms with Crippen molar-refractivity contribution in [1.29, 1.82) is 0 Å². The van der Waals surface area contributed by atoms with Crippen molar-refractivity contribution in [1.82, 2.24) is 0 Å². The fourth-order valence-electron chi connectivity index (χ4n) is 3.20. The first-order valence-corrected chi connectivity index (χ1v) is 10.9. The van der Waals surface area contributed by atoms with E-state index in [0.717, 1.165) is 0 Å². The molecular weight excluding hydrogens is 558 g/mol. The first-order valence-electron chi connectivity index (χ1n) is 9.87. The van der Waals surface area contributed by atoms with Crippen LogP contribution in [0.25, 0.3) is 6.08 Å². The predicted octanol–water partition coefficient (Wildman–Crippen LogP) is 5.27. The smallest absolute Gasteiger partial charge is 0.363 e. The molecule has 0 unspecified atom stereocenters. The quantitative estimate of drug-likeness (QED) is 0.125. The number of non-ortho nitro benzene ring substituents is 1. The zero-order chi connectivity index (χ0) is 24.2. The highest BCUT2D eigenvalue weighted by Crippen LogP contribution is 2.36. The molecule has 8 nitrogen and oxygen atoms in total. The molecule has 0 atom stereocenters. The van der Waals surface area contributed by atoms with Crippen molar-refractivity contribution in [2.24, 2.45) is 4.99 Å². The summed E-state index contributed by atoms with van der Waals surface area (Å²) < 4.78 is 31.2. The van der Waals surface area contributed by atoms with Crippen molar-refractivity contribution < 1.29 is 28.3 Å². The molecule has 0 radical (unpaired) electrons. The van der Waals surface area contributed by atoms with E-state index in [4.69, 9.17) is 14.2 Å². The summed E-state index contributed by atoms with van der Waals surface area (Å²) in [7, 11) is 1.47. The maximum absolute atomic E-state index is 14.0. The van der Waals surface area contributed by atoms with Gasteiger partial charge in [0.15, 0.2) is 17.2 Å². The van der Waals surface area contributed by atoms with E-state index in [1.165, 1.54) is 43.5 Å². The van der Waals surface area contributed by atoms with E-state index < -0.39 is 16.7 Å². The van der Waals surface area contributed by atoms with Crippen LogP contribution in [0.3, 0.4) is 0 Å². The summed E-state index contributed by atoms with van der Waals surface area (Å²) in [5, 5.41) is 11.0. The minimum absolute atomic E-state index is 0.0152. The van der Waals surface area contributed by atoms with E-state index in [0.29, 0.717) is 26.2 Å². The number of esters is 1. The summed E-state index contributed by atoms with van der Waals surface area (Å²) in [6.45, 7) is 0.0943. The van der Waals surface area contributed by atoms with Gasteiger partial charge in [0.05, 0.1) is 21.2 Å². The maximum atomic E-state index is 14.0. The highest BCUT2D eigenvalue weighted by molar-refractivity contribution is 14.1. The summed E-state index contributed by atoms with van der Waals surface area (Å²) in [4.78, 5) is 26.9. The Bertz CT molecular complexity index is 1360. The van der Waals surface area contributed by atoms with Crippen molar-refractivity contribution in [3.8, 4) is 11.5 Å². The third kappa shape index (κ3) is 5.06. The molecule has 0 aromatic heterocycles. The van der Waals surface area contributed by atoms with Crippen LogP contribution >= 0.6 is 22.6 Å². The van der Waals surface area contributed by atoms with Crippen LogP contribution in [0, 0.1) is 19.5 Å². The molecule has 1 aliphatic heterocycles. The minimum Gasteiger partial charge on any atom is -0.493 e. The Morgan fingerprint density at radius 3 is 2.71 bits per heavy atom. The van der Waals surface area contributed by atoms with Gasteiger partial charge in [-0.05, 0) is 64.1 Å². The van der Waals surface area contributed by atoms with Gasteiger partial charge in [-0.2, -0.15) is 0 Å². The van der Waals surface area contributed by atoms with Gasteiger partial charge in [-0.15, -0.1) is 0 Å². The molecule has 10 heteroatoms. The second-order valence-electron chi connectivity index (χ2n) is 7.07. The number of hydrogen-bond donors (Lipinski definition) is 0. The molecule has 0 saturated carbocycles. The maximum Gasteiger partial charge on any atom is 0.363 e. The Balaban J connectivity index is 1.59. The van der Waals surface area contributed by atoms with E-state index in [1.807, 2.05) is 0 Å². The number of nitro benzene ring substituents is 1. The number of nitrogens with zero attached hydrogens (tertiary/aromatic N) is 2. The van der Waals surface area contributed by atoms with Gasteiger partial charge in [0.25, 0.3) is 5.69 Å². The summed E-state index contributed by atoms with van der Waals surface area (Å²) in [6, 6.07) is 15.5. The van der Waals surface area contributed by atoms with E-state index in [-0.39, 0.29) is 29.5 Å². The first kappa shape index (κ1) is 23.4. The molecular formula is C24H16FIN2O6. The average Bonchev–Trinajstić information content (AvgIpc) is 3.18. The van der Waals surface area contributed by atoms with Crippen molar-refractivity contribution in [2.75, 3.05) is 7.11 Å². The predicted molar refractivity (Wildman–Crippen MR) is 130 cm³/mol. The van der Waals surface area contributed by atoms with Crippen LogP contribution in [0.1, 0.15) is 16.7 Å². The molecule has 0 spiro atoms. The standard InChI is InChI=1S/C24H16FIN2O6/c1-32-21-12-15(11-20-24(29)34-23(27-20)17-7-2-3-8-18(17)25)10-19(26)22(21)33-13-14-5-4-6-16(9-14)28(30)31/h2-12H,13H2,1H3/b20-11-. The second kappa shape index (κ2) is 10.00. The number of hydrogen-bond acceptors (Lipinski definition) is 7. The second-order valence-corrected chi connectivity index (χ2v) is 8.23. The minimum atomic E-state index is -0.696. The number of carbonyl (C=O) groups excluding carboxylic acids is 1. The topological polar surface area (TPSA) is 100 Å². The third-order valence-electron chi connectivity index (χ3n) is 4.78. The fraction of sp³-hybridized carbons (Fsp3) is 0.0833. The van der Waals surface area contributed by atoms with E-state index in [9.17, 15) is 19.3 Å². The van der Waals surface area contributed by atoms with Gasteiger partial charge < -0.3 is 14.2 Å². The fourth-order valence-corrected chi connectivity index (χ4v) is 3.98. The molecule has 1 heterocycles. The Labute approximate surface area is 207 Å². The number of ether oxygens (including phenoxy) is 3. The van der Waals surface area contributed by atoms with Gasteiger partial charge in [-0.1, -0.05) is 24.3 Å². The molecule has 0 amide bonds. The molecule has 172 valence electrons. The van der Waals surface area contributed by atoms with Gasteiger partial charge in [0.1, 0.15) is 12.4 Å². The molecule has 0 saturated heterocycles. The number of cyclic esters (lactones) is 1. The molecule has 4 rings (SSSR count). The third-order valence-corrected chi connectivity index (χ3v) is 5.59. The summed E-state index contributed by atoms with van der Waals surface area (Å²) >= 11 is 2.06. The number of rotatable bonds is 7. The van der Waals surface area contributed by atoms with Gasteiger partial charge >= 0.3 is 5.97 Å². The molecule has 3 aromatic carbocycles. The van der Waals surface area contributed by atoms with E-state index in [2.05, 4.69) is 27.6 Å². The Hall–Kier alpha value is -3.80. The Morgan fingerprint density at radius 1 is 1.18 bits per heavy atom. The molecule has 1 aliphatic rings. The molecule has 0 fully saturated rings. The number of methoxy groups -OCH3 is 1. The molecule has 34 heavy (non-hydrogen) atoms. The van der Waals surface area contributed by atoms with Crippen LogP contribution in [0.5, 0.6) is 11.5 Å². The number of aliphatic imine (C=N–C) groups is 1. The monoisotopic (exact) mass is 574 g/mol. The zero-order valence-corrected chi connectivity index (χ0v) is 19.8. The SMILES string of the molecule is COc1cc(/C=C2\N=C(c3ccccc3F)OC2=O)cc(I)c1OCc1cccc([N+](=O)[O-])c1. The number of carbonyl (C=O) groups is 1. The average molecular weight is 574 g/mol. The Morgan fingerprint density at radius 2 is 1.97 bits per heavy atom. The lowest BCUT2D eigenvalue weighted by Gasteiger charge is -2.13. The lowest BCUT2D eigenvalue weighted by Crippen LogP contribution is -2.07. The van der Waals surface area contributed by atoms with Crippen LogP contribution in [0.15, 0.2) is 71.4 Å². The molecule has 0 aliphatic carbocycles.